The van der Waals surface area contributed by atoms with Crippen LogP contribution in [-0.4, -0.2) is 0 Å². The molecule has 0 atom stereocenters. The van der Waals surface area contributed by atoms with E-state index in [4.69, 9.17) is 0 Å². The SMILES string of the molecule is Cc1ccc(N(c2ccc(C)cc2)c2cc3c4ccccc4c(N(c4ccccc4)c4ccccc4)cc3c3ccccc23)cc1. The molecule has 0 saturated carbocycles. The molecule has 2 nitrogen and oxygen atoms in total. The van der Waals surface area contributed by atoms with E-state index in [1.54, 1.807) is 0 Å². The number of hydrogen-bond donors (Lipinski definition) is 0. The number of nitrogens with zero attached hydrogens (tertiary/aromatic N) is 2. The van der Waals surface area contributed by atoms with E-state index in [0.717, 1.165) is 34.1 Å². The lowest BCUT2D eigenvalue weighted by Crippen LogP contribution is -2.12. The zero-order valence-corrected chi connectivity index (χ0v) is 26.1. The highest BCUT2D eigenvalue weighted by Crippen LogP contribution is 2.47. The van der Waals surface area contributed by atoms with E-state index in [-0.39, 0.29) is 0 Å². The molecular weight excluding hydrogens is 556 g/mol. The Morgan fingerprint density at radius 1 is 0.283 bits per heavy atom. The Morgan fingerprint density at radius 3 is 0.957 bits per heavy atom. The van der Waals surface area contributed by atoms with E-state index in [0.29, 0.717) is 0 Å². The maximum absolute atomic E-state index is 2.41. The largest absolute Gasteiger partial charge is 0.310 e. The zero-order valence-electron chi connectivity index (χ0n) is 26.1. The predicted molar refractivity (Wildman–Crippen MR) is 198 cm³/mol. The Balaban J connectivity index is 1.46. The molecule has 46 heavy (non-hydrogen) atoms. The van der Waals surface area contributed by atoms with Gasteiger partial charge in [0.2, 0.25) is 0 Å². The second-order valence-electron chi connectivity index (χ2n) is 12.0. The van der Waals surface area contributed by atoms with Crippen LogP contribution in [0.3, 0.4) is 0 Å². The fraction of sp³-hybridized carbons (Fsp3) is 0.0455. The summed E-state index contributed by atoms with van der Waals surface area (Å²) < 4.78 is 0. The zero-order chi connectivity index (χ0) is 31.0. The summed E-state index contributed by atoms with van der Waals surface area (Å²) in [5, 5.41) is 7.35. The van der Waals surface area contributed by atoms with Gasteiger partial charge in [0.15, 0.2) is 0 Å². The number of anilines is 6. The van der Waals surface area contributed by atoms with Gasteiger partial charge in [0.05, 0.1) is 11.4 Å². The van der Waals surface area contributed by atoms with Gasteiger partial charge in [0.25, 0.3) is 0 Å². The summed E-state index contributed by atoms with van der Waals surface area (Å²) in [4.78, 5) is 4.79. The summed E-state index contributed by atoms with van der Waals surface area (Å²) in [6.07, 6.45) is 0. The lowest BCUT2D eigenvalue weighted by atomic mass is 9.93. The molecule has 0 unspecified atom stereocenters. The van der Waals surface area contributed by atoms with E-state index < -0.39 is 0 Å². The maximum Gasteiger partial charge on any atom is 0.0546 e. The van der Waals surface area contributed by atoms with Crippen molar-refractivity contribution < 1.29 is 0 Å². The van der Waals surface area contributed by atoms with Crippen molar-refractivity contribution in [3.05, 3.63) is 181 Å². The normalized spacial score (nSPS) is 11.3. The van der Waals surface area contributed by atoms with Crippen LogP contribution in [0.4, 0.5) is 34.1 Å². The summed E-state index contributed by atoms with van der Waals surface area (Å²) in [5.74, 6) is 0. The monoisotopic (exact) mass is 590 g/mol. The van der Waals surface area contributed by atoms with Crippen molar-refractivity contribution in [1.82, 2.24) is 0 Å². The molecule has 8 aromatic carbocycles. The molecule has 0 saturated heterocycles. The standard InChI is InChI=1S/C44H34N2/c1-31-21-25-35(26-22-31)46(36-27-23-32(2)24-28-36)44-30-42-37-17-9-11-19-39(37)43(29-41(42)38-18-10-12-20-40(38)44)45(33-13-5-3-6-14-33)34-15-7-4-8-16-34/h3-30H,1-2H3. The van der Waals surface area contributed by atoms with Crippen LogP contribution in [0.1, 0.15) is 11.1 Å². The molecule has 2 heteroatoms. The van der Waals surface area contributed by atoms with Crippen LogP contribution in [0.2, 0.25) is 0 Å². The number of hydrogen-bond acceptors (Lipinski definition) is 2. The van der Waals surface area contributed by atoms with Crippen molar-refractivity contribution in [2.45, 2.75) is 13.8 Å². The van der Waals surface area contributed by atoms with Gasteiger partial charge < -0.3 is 9.80 Å². The Labute approximate surface area is 270 Å². The quantitative estimate of drug-likeness (QED) is 0.178. The summed E-state index contributed by atoms with van der Waals surface area (Å²) in [6.45, 7) is 4.28. The first-order valence-corrected chi connectivity index (χ1v) is 15.9. The molecule has 0 spiro atoms. The Kier molecular flexibility index (Phi) is 6.96. The van der Waals surface area contributed by atoms with Gasteiger partial charge in [-0.25, -0.2) is 0 Å². The first kappa shape index (κ1) is 27.7. The van der Waals surface area contributed by atoms with E-state index in [1.165, 1.54) is 43.4 Å². The van der Waals surface area contributed by atoms with Crippen LogP contribution >= 0.6 is 0 Å². The summed E-state index contributed by atoms with van der Waals surface area (Å²) >= 11 is 0. The molecule has 8 aromatic rings. The van der Waals surface area contributed by atoms with Crippen LogP contribution in [0.25, 0.3) is 32.3 Å². The van der Waals surface area contributed by atoms with E-state index in [9.17, 15) is 0 Å². The highest BCUT2D eigenvalue weighted by Gasteiger charge is 2.21. The van der Waals surface area contributed by atoms with Crippen molar-refractivity contribution in [2.24, 2.45) is 0 Å². The number of benzene rings is 8. The number of para-hydroxylation sites is 2. The molecule has 0 aromatic heterocycles. The highest BCUT2D eigenvalue weighted by atomic mass is 15.1. The third-order valence-corrected chi connectivity index (χ3v) is 8.93. The lowest BCUT2D eigenvalue weighted by Gasteiger charge is -2.30. The number of fused-ring (bicyclic) bond motifs is 5. The van der Waals surface area contributed by atoms with Crippen LogP contribution in [0, 0.1) is 13.8 Å². The van der Waals surface area contributed by atoms with Gasteiger partial charge in [-0.05, 0) is 96.1 Å². The first-order valence-electron chi connectivity index (χ1n) is 15.9. The molecule has 0 N–H and O–H groups in total. The third kappa shape index (κ3) is 4.85. The van der Waals surface area contributed by atoms with Crippen molar-refractivity contribution in [3.8, 4) is 0 Å². The van der Waals surface area contributed by atoms with Crippen molar-refractivity contribution in [3.63, 3.8) is 0 Å². The van der Waals surface area contributed by atoms with Gasteiger partial charge in [-0.1, -0.05) is 120 Å². The highest BCUT2D eigenvalue weighted by molar-refractivity contribution is 6.24. The van der Waals surface area contributed by atoms with Gasteiger partial charge in [-0.2, -0.15) is 0 Å². The molecule has 220 valence electrons. The van der Waals surface area contributed by atoms with Gasteiger partial charge in [0, 0.05) is 33.5 Å². The van der Waals surface area contributed by atoms with E-state index in [2.05, 4.69) is 194 Å². The molecule has 0 amide bonds. The molecule has 8 rings (SSSR count). The van der Waals surface area contributed by atoms with Gasteiger partial charge in [-0.15, -0.1) is 0 Å². The molecule has 0 aliphatic heterocycles. The average Bonchev–Trinajstić information content (AvgIpc) is 3.11. The lowest BCUT2D eigenvalue weighted by molar-refractivity contribution is 1.28. The molecule has 0 radical (unpaired) electrons. The maximum atomic E-state index is 2.41. The fourth-order valence-electron chi connectivity index (χ4n) is 6.68. The predicted octanol–water partition coefficient (Wildman–Crippen LogP) is 12.7. The topological polar surface area (TPSA) is 6.48 Å². The number of aryl methyl sites for hydroxylation is 2. The van der Waals surface area contributed by atoms with E-state index in [1.807, 2.05) is 0 Å². The molecular formula is C44H34N2. The third-order valence-electron chi connectivity index (χ3n) is 8.93. The summed E-state index contributed by atoms with van der Waals surface area (Å²) in [5.41, 5.74) is 9.35. The molecule has 0 fully saturated rings. The smallest absolute Gasteiger partial charge is 0.0546 e. The fourth-order valence-corrected chi connectivity index (χ4v) is 6.68. The van der Waals surface area contributed by atoms with Gasteiger partial charge >= 0.3 is 0 Å². The van der Waals surface area contributed by atoms with Crippen molar-refractivity contribution in [2.75, 3.05) is 9.80 Å². The molecule has 0 heterocycles. The van der Waals surface area contributed by atoms with Crippen LogP contribution in [-0.2, 0) is 0 Å². The Bertz CT molecular complexity index is 2220. The van der Waals surface area contributed by atoms with Crippen LogP contribution in [0.5, 0.6) is 0 Å². The number of rotatable bonds is 6. The van der Waals surface area contributed by atoms with E-state index >= 15 is 0 Å². The average molecular weight is 591 g/mol. The minimum atomic E-state index is 1.13. The Morgan fingerprint density at radius 2 is 0.587 bits per heavy atom. The molecule has 0 aliphatic rings. The van der Waals surface area contributed by atoms with Crippen molar-refractivity contribution in [1.29, 1.82) is 0 Å². The first-order chi connectivity index (χ1) is 22.7. The summed E-state index contributed by atoms with van der Waals surface area (Å²) in [6, 6.07) is 61.6. The minimum Gasteiger partial charge on any atom is -0.310 e. The molecule has 0 bridgehead atoms. The van der Waals surface area contributed by atoms with Crippen LogP contribution < -0.4 is 9.80 Å². The second-order valence-corrected chi connectivity index (χ2v) is 12.0. The van der Waals surface area contributed by atoms with Gasteiger partial charge in [0.1, 0.15) is 0 Å². The van der Waals surface area contributed by atoms with Crippen LogP contribution in [0.15, 0.2) is 170 Å². The summed E-state index contributed by atoms with van der Waals surface area (Å²) in [7, 11) is 0. The Hall–Kier alpha value is -5.86. The van der Waals surface area contributed by atoms with Gasteiger partial charge in [-0.3, -0.25) is 0 Å². The second kappa shape index (κ2) is 11.6. The van der Waals surface area contributed by atoms with Crippen molar-refractivity contribution >= 4 is 66.4 Å². The molecule has 0 aliphatic carbocycles. The minimum absolute atomic E-state index is 1.13.